The van der Waals surface area contributed by atoms with Gasteiger partial charge in [-0.05, 0) is 116 Å². The molecule has 6 heteroatoms. The predicted octanol–water partition coefficient (Wildman–Crippen LogP) is 6.40. The van der Waals surface area contributed by atoms with E-state index in [0.717, 1.165) is 43.4 Å². The Morgan fingerprint density at radius 3 is 2.31 bits per heavy atom. The van der Waals surface area contributed by atoms with Gasteiger partial charge in [0, 0.05) is 27.3 Å². The van der Waals surface area contributed by atoms with Gasteiger partial charge in [0.1, 0.15) is 6.10 Å². The number of amides is 2. The molecule has 0 aromatic heterocycles. The van der Waals surface area contributed by atoms with Crippen LogP contribution in [0.2, 0.25) is 0 Å². The van der Waals surface area contributed by atoms with Crippen LogP contribution in [-0.4, -0.2) is 47.5 Å². The van der Waals surface area contributed by atoms with Crippen LogP contribution in [0.4, 0.5) is 0 Å². The number of hydrogen-bond acceptors (Lipinski definition) is 5. The Morgan fingerprint density at radius 2 is 1.64 bits per heavy atom. The molecule has 2 amide bonds. The molecule has 0 aromatic rings. The highest BCUT2D eigenvalue weighted by molar-refractivity contribution is 5.92. The minimum atomic E-state index is -0.163. The molecule has 0 spiro atoms. The molecule has 1 saturated heterocycles. The van der Waals surface area contributed by atoms with Crippen LogP contribution in [0.15, 0.2) is 0 Å². The maximum atomic E-state index is 11.8. The van der Waals surface area contributed by atoms with E-state index in [1.54, 1.807) is 6.92 Å². The van der Waals surface area contributed by atoms with Gasteiger partial charge in [0.05, 0.1) is 12.2 Å². The van der Waals surface area contributed by atoms with Crippen LogP contribution in [-0.2, 0) is 23.9 Å². The highest BCUT2D eigenvalue weighted by Crippen LogP contribution is 2.70. The van der Waals surface area contributed by atoms with Crippen LogP contribution in [0.3, 0.4) is 0 Å². The molecule has 5 aliphatic rings. The second kappa shape index (κ2) is 10.8. The molecule has 1 aliphatic heterocycles. The van der Waals surface area contributed by atoms with Crippen molar-refractivity contribution in [3.63, 3.8) is 0 Å². The molecule has 9 unspecified atom stereocenters. The van der Waals surface area contributed by atoms with Crippen LogP contribution in [0.25, 0.3) is 0 Å². The lowest BCUT2D eigenvalue weighted by molar-refractivity contribution is -0.160. The first-order valence-corrected chi connectivity index (χ1v) is 16.0. The van der Waals surface area contributed by atoms with Crippen molar-refractivity contribution in [2.24, 2.45) is 52.3 Å². The number of nitrogens with zero attached hydrogens (tertiary/aromatic N) is 1. The SMILES string of the molecule is CC(=O)OC1CC[C@]2(C)C3CC[C@@]4(C)C(CC5OC(CCC(C)CN(C(C)=O)C(C)=O)C(C)C54)C3CC[C@H]2C1. The molecule has 6 nitrogen and oxygen atoms in total. The van der Waals surface area contributed by atoms with Crippen molar-refractivity contribution in [3.05, 3.63) is 0 Å². The van der Waals surface area contributed by atoms with Gasteiger partial charge in [0.2, 0.25) is 11.8 Å². The third kappa shape index (κ3) is 5.10. The molecule has 5 rings (SSSR count). The fraction of sp³-hybridized carbons (Fsp3) is 0.909. The van der Waals surface area contributed by atoms with Crippen molar-refractivity contribution in [1.29, 1.82) is 0 Å². The van der Waals surface area contributed by atoms with Crippen molar-refractivity contribution >= 4 is 17.8 Å². The van der Waals surface area contributed by atoms with E-state index in [1.807, 2.05) is 0 Å². The summed E-state index contributed by atoms with van der Waals surface area (Å²) in [6, 6.07) is 0. The van der Waals surface area contributed by atoms with Crippen molar-refractivity contribution in [2.45, 2.75) is 131 Å². The Labute approximate surface area is 236 Å². The van der Waals surface area contributed by atoms with E-state index in [9.17, 15) is 14.4 Å². The lowest BCUT2D eigenvalue weighted by Gasteiger charge is -2.61. The van der Waals surface area contributed by atoms with E-state index in [-0.39, 0.29) is 35.9 Å². The summed E-state index contributed by atoms with van der Waals surface area (Å²) in [6.45, 7) is 14.8. The quantitative estimate of drug-likeness (QED) is 0.362. The Balaban J connectivity index is 1.21. The normalized spacial score (nSPS) is 45.4. The van der Waals surface area contributed by atoms with Crippen LogP contribution in [0.1, 0.15) is 113 Å². The molecule has 0 radical (unpaired) electrons. The highest BCUT2D eigenvalue weighted by atomic mass is 16.5. The van der Waals surface area contributed by atoms with Gasteiger partial charge in [-0.3, -0.25) is 19.3 Å². The van der Waals surface area contributed by atoms with Crippen LogP contribution >= 0.6 is 0 Å². The molecular weight excluding hydrogens is 490 g/mol. The summed E-state index contributed by atoms with van der Waals surface area (Å²) in [7, 11) is 0. The average molecular weight is 544 g/mol. The monoisotopic (exact) mass is 543 g/mol. The summed E-state index contributed by atoms with van der Waals surface area (Å²) in [6.07, 6.45) is 12.5. The number of rotatable bonds is 6. The smallest absolute Gasteiger partial charge is 0.302 e. The molecule has 39 heavy (non-hydrogen) atoms. The van der Waals surface area contributed by atoms with Crippen LogP contribution in [0.5, 0.6) is 0 Å². The van der Waals surface area contributed by atoms with Crippen molar-refractivity contribution < 1.29 is 23.9 Å². The number of carbonyl (C=O) groups excluding carboxylic acids is 3. The second-order valence-electron chi connectivity index (χ2n) is 14.9. The average Bonchev–Trinajstić information content (AvgIpc) is 3.33. The number of carbonyl (C=O) groups is 3. The van der Waals surface area contributed by atoms with Gasteiger partial charge in [-0.2, -0.15) is 0 Å². The topological polar surface area (TPSA) is 72.9 Å². The maximum Gasteiger partial charge on any atom is 0.302 e. The van der Waals surface area contributed by atoms with Crippen LogP contribution < -0.4 is 0 Å². The Bertz CT molecular complexity index is 952. The molecule has 0 aromatic carbocycles. The van der Waals surface area contributed by atoms with Crippen LogP contribution in [0, 0.1) is 52.3 Å². The molecule has 5 fully saturated rings. The third-order valence-electron chi connectivity index (χ3n) is 12.7. The summed E-state index contributed by atoms with van der Waals surface area (Å²) < 4.78 is 12.5. The van der Waals surface area contributed by atoms with E-state index < -0.39 is 0 Å². The molecule has 220 valence electrons. The first-order valence-electron chi connectivity index (χ1n) is 16.0. The fourth-order valence-electron chi connectivity index (χ4n) is 10.9. The minimum absolute atomic E-state index is 0.124. The van der Waals surface area contributed by atoms with Gasteiger partial charge in [-0.1, -0.05) is 27.7 Å². The van der Waals surface area contributed by atoms with Crippen molar-refractivity contribution in [2.75, 3.05) is 6.54 Å². The largest absolute Gasteiger partial charge is 0.463 e. The minimum Gasteiger partial charge on any atom is -0.463 e. The highest BCUT2D eigenvalue weighted by Gasteiger charge is 2.65. The number of imide groups is 1. The van der Waals surface area contributed by atoms with Gasteiger partial charge in [-0.15, -0.1) is 0 Å². The van der Waals surface area contributed by atoms with E-state index in [2.05, 4.69) is 27.7 Å². The molecule has 0 N–H and O–H groups in total. The standard InChI is InChI=1S/C33H53NO5/c1-19(18-34(21(3)35)22(4)36)8-11-29-20(2)31-30(39-29)17-28-26-10-9-24-16-25(38-23(5)37)12-14-32(24,6)27(26)13-15-33(28,31)7/h19-20,24-31H,8-18H2,1-7H3/t19?,20?,24-,25?,26?,27?,28?,29?,30?,31?,32-,33-/m0/s1. The first kappa shape index (κ1) is 29.1. The number of ether oxygens (including phenoxy) is 2. The lowest BCUT2D eigenvalue weighted by Crippen LogP contribution is -2.54. The number of fused-ring (bicyclic) bond motifs is 7. The summed E-state index contributed by atoms with van der Waals surface area (Å²) in [5.74, 6) is 4.06. The Kier molecular flexibility index (Phi) is 8.02. The zero-order valence-electron chi connectivity index (χ0n) is 25.5. The summed E-state index contributed by atoms with van der Waals surface area (Å²) in [5, 5.41) is 0. The van der Waals surface area contributed by atoms with Crippen molar-refractivity contribution in [1.82, 2.24) is 4.90 Å². The fourth-order valence-corrected chi connectivity index (χ4v) is 10.9. The van der Waals surface area contributed by atoms with Gasteiger partial charge >= 0.3 is 5.97 Å². The van der Waals surface area contributed by atoms with Gasteiger partial charge in [-0.25, -0.2) is 0 Å². The van der Waals surface area contributed by atoms with Gasteiger partial charge < -0.3 is 9.47 Å². The molecule has 12 atom stereocenters. The maximum absolute atomic E-state index is 11.8. The van der Waals surface area contributed by atoms with E-state index in [1.165, 1.54) is 57.3 Å². The Hall–Kier alpha value is -1.43. The Morgan fingerprint density at radius 1 is 0.949 bits per heavy atom. The lowest BCUT2D eigenvalue weighted by atomic mass is 9.44. The molecular formula is C33H53NO5. The number of esters is 1. The van der Waals surface area contributed by atoms with Gasteiger partial charge in [0.15, 0.2) is 0 Å². The second-order valence-corrected chi connectivity index (χ2v) is 14.9. The third-order valence-corrected chi connectivity index (χ3v) is 12.7. The summed E-state index contributed by atoms with van der Waals surface area (Å²) >= 11 is 0. The summed E-state index contributed by atoms with van der Waals surface area (Å²) in [5.41, 5.74) is 0.751. The summed E-state index contributed by atoms with van der Waals surface area (Å²) in [4.78, 5) is 36.7. The van der Waals surface area contributed by atoms with E-state index in [4.69, 9.17) is 9.47 Å². The van der Waals surface area contributed by atoms with E-state index >= 15 is 0 Å². The zero-order valence-corrected chi connectivity index (χ0v) is 25.5. The predicted molar refractivity (Wildman–Crippen MR) is 150 cm³/mol. The number of hydrogen-bond donors (Lipinski definition) is 0. The van der Waals surface area contributed by atoms with Crippen molar-refractivity contribution in [3.8, 4) is 0 Å². The molecule has 1 heterocycles. The zero-order chi connectivity index (χ0) is 28.3. The molecule has 0 bridgehead atoms. The first-order chi connectivity index (χ1) is 18.3. The van der Waals surface area contributed by atoms with Gasteiger partial charge in [0.25, 0.3) is 0 Å². The van der Waals surface area contributed by atoms with E-state index in [0.29, 0.717) is 41.2 Å². The molecule has 4 aliphatic carbocycles. The molecule has 4 saturated carbocycles.